The lowest BCUT2D eigenvalue weighted by atomic mass is 9.82. The third kappa shape index (κ3) is 3.79. The van der Waals surface area contributed by atoms with Gasteiger partial charge in [0.15, 0.2) is 5.78 Å². The van der Waals surface area contributed by atoms with Crippen molar-refractivity contribution in [3.63, 3.8) is 0 Å². The minimum atomic E-state index is -0.703. The average Bonchev–Trinajstić information content (AvgIpc) is 2.30. The molecule has 102 valence electrons. The number of ketones is 1. The van der Waals surface area contributed by atoms with Crippen molar-refractivity contribution in [2.24, 2.45) is 11.8 Å². The van der Waals surface area contributed by atoms with Crippen LogP contribution in [0.5, 0.6) is 0 Å². The summed E-state index contributed by atoms with van der Waals surface area (Å²) in [6, 6.07) is 0. The molecule has 0 spiro atoms. The second-order valence-corrected chi connectivity index (χ2v) is 5.35. The molecule has 1 rings (SSSR count). The van der Waals surface area contributed by atoms with Crippen LogP contribution in [-0.2, 0) is 9.53 Å². The van der Waals surface area contributed by atoms with E-state index in [0.717, 1.165) is 18.4 Å². The van der Waals surface area contributed by atoms with E-state index in [-0.39, 0.29) is 11.7 Å². The molecule has 18 heavy (non-hydrogen) atoms. The Balaban J connectivity index is 2.77. The Morgan fingerprint density at radius 2 is 2.22 bits per heavy atom. The monoisotopic (exact) mass is 252 g/mol. The van der Waals surface area contributed by atoms with Crippen molar-refractivity contribution in [1.29, 1.82) is 0 Å². The number of methoxy groups -OCH3 is 1. The van der Waals surface area contributed by atoms with E-state index in [4.69, 9.17) is 4.74 Å². The van der Waals surface area contributed by atoms with Crippen LogP contribution in [0, 0.1) is 11.8 Å². The van der Waals surface area contributed by atoms with Crippen LogP contribution in [0.1, 0.15) is 33.6 Å². The number of allylic oxidation sites excluding steroid dienone is 2. The van der Waals surface area contributed by atoms with E-state index in [2.05, 4.69) is 19.9 Å². The molecular formula is C15H24O3. The summed E-state index contributed by atoms with van der Waals surface area (Å²) in [7, 11) is 1.54. The van der Waals surface area contributed by atoms with E-state index < -0.39 is 12.2 Å². The molecule has 0 saturated heterocycles. The Kier molecular flexibility index (Phi) is 5.76. The average molecular weight is 252 g/mol. The van der Waals surface area contributed by atoms with Crippen molar-refractivity contribution >= 4 is 5.78 Å². The summed E-state index contributed by atoms with van der Waals surface area (Å²) < 4.78 is 5.27. The summed E-state index contributed by atoms with van der Waals surface area (Å²) >= 11 is 0. The highest BCUT2D eigenvalue weighted by molar-refractivity contribution is 5.95. The van der Waals surface area contributed by atoms with Crippen molar-refractivity contribution < 1.29 is 14.6 Å². The highest BCUT2D eigenvalue weighted by Crippen LogP contribution is 2.26. The second-order valence-electron chi connectivity index (χ2n) is 5.35. The highest BCUT2D eigenvalue weighted by Gasteiger charge is 2.35. The van der Waals surface area contributed by atoms with Gasteiger partial charge in [0, 0.05) is 7.11 Å². The van der Waals surface area contributed by atoms with Crippen LogP contribution in [-0.4, -0.2) is 30.2 Å². The molecule has 0 aliphatic heterocycles. The molecule has 0 radical (unpaired) electrons. The Morgan fingerprint density at radius 1 is 1.56 bits per heavy atom. The van der Waals surface area contributed by atoms with E-state index in [1.54, 1.807) is 0 Å². The topological polar surface area (TPSA) is 46.5 Å². The fourth-order valence-corrected chi connectivity index (χ4v) is 2.30. The van der Waals surface area contributed by atoms with Crippen molar-refractivity contribution in [3.8, 4) is 0 Å². The zero-order chi connectivity index (χ0) is 13.7. The summed E-state index contributed by atoms with van der Waals surface area (Å²) in [6.45, 7) is 6.31. The lowest BCUT2D eigenvalue weighted by Gasteiger charge is -2.30. The van der Waals surface area contributed by atoms with E-state index in [9.17, 15) is 9.90 Å². The smallest absolute Gasteiger partial charge is 0.165 e. The number of aliphatic hydroxyl groups is 1. The van der Waals surface area contributed by atoms with Crippen LogP contribution in [0.15, 0.2) is 23.8 Å². The van der Waals surface area contributed by atoms with Gasteiger partial charge in [0.1, 0.15) is 6.10 Å². The third-order valence-electron chi connectivity index (χ3n) is 3.40. The van der Waals surface area contributed by atoms with Gasteiger partial charge in [-0.25, -0.2) is 0 Å². The second kappa shape index (κ2) is 6.86. The van der Waals surface area contributed by atoms with Gasteiger partial charge in [-0.3, -0.25) is 4.79 Å². The third-order valence-corrected chi connectivity index (χ3v) is 3.40. The molecule has 1 aliphatic carbocycles. The van der Waals surface area contributed by atoms with Crippen molar-refractivity contribution in [1.82, 2.24) is 0 Å². The summed E-state index contributed by atoms with van der Waals surface area (Å²) in [4.78, 5) is 11.9. The normalized spacial score (nSPS) is 29.1. The molecule has 0 bridgehead atoms. The summed E-state index contributed by atoms with van der Waals surface area (Å²) in [5.41, 5.74) is 0.996. The fourth-order valence-electron chi connectivity index (χ4n) is 2.30. The summed E-state index contributed by atoms with van der Waals surface area (Å²) in [5, 5.41) is 9.83. The Labute approximate surface area is 110 Å². The van der Waals surface area contributed by atoms with Gasteiger partial charge >= 0.3 is 0 Å². The molecule has 0 aromatic rings. The largest absolute Gasteiger partial charge is 0.386 e. The van der Waals surface area contributed by atoms with Crippen molar-refractivity contribution in [2.75, 3.05) is 7.11 Å². The quantitative estimate of drug-likeness (QED) is 0.765. The number of aliphatic hydroxyl groups excluding tert-OH is 1. The molecule has 1 aliphatic rings. The van der Waals surface area contributed by atoms with E-state index in [1.165, 1.54) is 19.3 Å². The lowest BCUT2D eigenvalue weighted by Crippen LogP contribution is -2.41. The first-order valence-corrected chi connectivity index (χ1v) is 6.57. The number of rotatable bonds is 5. The lowest BCUT2D eigenvalue weighted by molar-refractivity contribution is -0.125. The van der Waals surface area contributed by atoms with Crippen molar-refractivity contribution in [3.05, 3.63) is 23.8 Å². The molecule has 0 amide bonds. The number of hydrogen-bond acceptors (Lipinski definition) is 3. The molecule has 3 nitrogen and oxygen atoms in total. The van der Waals surface area contributed by atoms with Gasteiger partial charge in [-0.15, -0.1) is 0 Å². The molecule has 0 heterocycles. The maximum absolute atomic E-state index is 11.9. The van der Waals surface area contributed by atoms with Gasteiger partial charge in [0.25, 0.3) is 0 Å². The Hall–Kier alpha value is -0.930. The van der Waals surface area contributed by atoms with Crippen LogP contribution in [0.3, 0.4) is 0 Å². The molecule has 3 heteroatoms. The van der Waals surface area contributed by atoms with Crippen LogP contribution >= 0.6 is 0 Å². The van der Waals surface area contributed by atoms with Crippen molar-refractivity contribution in [2.45, 2.75) is 45.8 Å². The van der Waals surface area contributed by atoms with E-state index in [0.29, 0.717) is 5.92 Å². The van der Waals surface area contributed by atoms with E-state index >= 15 is 0 Å². The first-order valence-electron chi connectivity index (χ1n) is 6.57. The number of carbonyl (C=O) groups is 1. The van der Waals surface area contributed by atoms with Crippen LogP contribution in [0.4, 0.5) is 0 Å². The first-order chi connectivity index (χ1) is 8.47. The minimum Gasteiger partial charge on any atom is -0.386 e. The number of ether oxygens (including phenoxy) is 1. The first kappa shape index (κ1) is 15.1. The summed E-state index contributed by atoms with van der Waals surface area (Å²) in [6.07, 6.45) is 5.97. The molecule has 3 atom stereocenters. The number of carbonyl (C=O) groups excluding carboxylic acids is 1. The zero-order valence-electron chi connectivity index (χ0n) is 11.7. The molecule has 1 N–H and O–H groups in total. The van der Waals surface area contributed by atoms with Gasteiger partial charge in [-0.2, -0.15) is 0 Å². The van der Waals surface area contributed by atoms with Gasteiger partial charge in [-0.1, -0.05) is 31.6 Å². The summed E-state index contributed by atoms with van der Waals surface area (Å²) in [5.74, 6) is 0.326. The number of hydrogen-bond donors (Lipinski definition) is 1. The molecule has 0 aromatic heterocycles. The zero-order valence-corrected chi connectivity index (χ0v) is 11.7. The maximum Gasteiger partial charge on any atom is 0.165 e. The Morgan fingerprint density at radius 3 is 2.78 bits per heavy atom. The standard InChI is InChI=1S/C15H24O3/c1-10(2)6-5-7-11(3)14-12(16)8-9-13(17)15(14)18-4/h7-10,13-15,17H,5-6H2,1-4H3/b11-7+/t13-,14-,15-/m1/s1. The van der Waals surface area contributed by atoms with Gasteiger partial charge in [0.05, 0.1) is 12.0 Å². The van der Waals surface area contributed by atoms with Gasteiger partial charge < -0.3 is 9.84 Å². The molecular weight excluding hydrogens is 228 g/mol. The molecule has 0 aromatic carbocycles. The maximum atomic E-state index is 11.9. The van der Waals surface area contributed by atoms with Gasteiger partial charge in [0.2, 0.25) is 0 Å². The van der Waals surface area contributed by atoms with Crippen LogP contribution in [0.25, 0.3) is 0 Å². The SMILES string of the molecule is CO[C@@H]1[C@H](O)C=CC(=O)[C@H]1/C(C)=C/CCC(C)C. The fraction of sp³-hybridized carbons (Fsp3) is 0.667. The van der Waals surface area contributed by atoms with Crippen LogP contribution < -0.4 is 0 Å². The predicted octanol–water partition coefficient (Wildman–Crippen LogP) is 2.50. The molecule has 0 saturated carbocycles. The van der Waals surface area contributed by atoms with Crippen LogP contribution in [0.2, 0.25) is 0 Å². The van der Waals surface area contributed by atoms with E-state index in [1.807, 2.05) is 6.92 Å². The molecule has 0 fully saturated rings. The Bertz CT molecular complexity index is 342. The van der Waals surface area contributed by atoms with Gasteiger partial charge in [-0.05, 0) is 31.8 Å². The predicted molar refractivity (Wildman–Crippen MR) is 72.3 cm³/mol. The molecule has 0 unspecified atom stereocenters. The minimum absolute atomic E-state index is 0.0189. The highest BCUT2D eigenvalue weighted by atomic mass is 16.5.